The van der Waals surface area contributed by atoms with E-state index in [4.69, 9.17) is 0 Å². The quantitative estimate of drug-likeness (QED) is 0.674. The SMILES string of the molecule is CCN(CC)CCCNC(CC(C)(C)C)c1ccccc1. The van der Waals surface area contributed by atoms with Crippen LogP contribution in [-0.4, -0.2) is 31.1 Å². The lowest BCUT2D eigenvalue weighted by Crippen LogP contribution is -2.30. The fourth-order valence-corrected chi connectivity index (χ4v) is 2.72. The van der Waals surface area contributed by atoms with E-state index >= 15 is 0 Å². The average Bonchev–Trinajstić information content (AvgIpc) is 2.46. The van der Waals surface area contributed by atoms with Crippen molar-refractivity contribution in [2.45, 2.75) is 53.5 Å². The molecule has 0 aliphatic carbocycles. The summed E-state index contributed by atoms with van der Waals surface area (Å²) in [6.45, 7) is 16.0. The van der Waals surface area contributed by atoms with E-state index in [0.29, 0.717) is 11.5 Å². The van der Waals surface area contributed by atoms with Gasteiger partial charge in [0, 0.05) is 6.04 Å². The van der Waals surface area contributed by atoms with Gasteiger partial charge in [0.1, 0.15) is 0 Å². The van der Waals surface area contributed by atoms with Crippen LogP contribution in [0.15, 0.2) is 30.3 Å². The molecule has 2 heteroatoms. The molecule has 0 saturated carbocycles. The first-order valence-corrected chi connectivity index (χ1v) is 8.47. The molecule has 0 aliphatic heterocycles. The Labute approximate surface area is 131 Å². The molecule has 0 fully saturated rings. The molecule has 1 atom stereocenters. The highest BCUT2D eigenvalue weighted by Crippen LogP contribution is 2.29. The van der Waals surface area contributed by atoms with Gasteiger partial charge >= 0.3 is 0 Å². The maximum Gasteiger partial charge on any atom is 0.0325 e. The average molecular weight is 290 g/mol. The van der Waals surface area contributed by atoms with Crippen LogP contribution in [0.5, 0.6) is 0 Å². The Morgan fingerprint density at radius 3 is 2.19 bits per heavy atom. The van der Waals surface area contributed by atoms with E-state index in [2.05, 4.69) is 75.2 Å². The summed E-state index contributed by atoms with van der Waals surface area (Å²) in [6.07, 6.45) is 2.39. The Bertz CT molecular complexity index is 363. The summed E-state index contributed by atoms with van der Waals surface area (Å²) in [5.41, 5.74) is 1.75. The molecule has 0 heterocycles. The number of nitrogens with one attached hydrogen (secondary N) is 1. The van der Waals surface area contributed by atoms with Crippen molar-refractivity contribution in [1.82, 2.24) is 10.2 Å². The third kappa shape index (κ3) is 7.63. The number of nitrogens with zero attached hydrogens (tertiary/aromatic N) is 1. The largest absolute Gasteiger partial charge is 0.310 e. The fraction of sp³-hybridized carbons (Fsp3) is 0.684. The van der Waals surface area contributed by atoms with Crippen LogP contribution in [0.2, 0.25) is 0 Å². The van der Waals surface area contributed by atoms with E-state index in [-0.39, 0.29) is 0 Å². The van der Waals surface area contributed by atoms with Gasteiger partial charge < -0.3 is 10.2 Å². The minimum atomic E-state index is 0.340. The van der Waals surface area contributed by atoms with E-state index in [1.807, 2.05) is 0 Å². The molecule has 0 radical (unpaired) electrons. The van der Waals surface area contributed by atoms with Crippen molar-refractivity contribution in [3.63, 3.8) is 0 Å². The number of hydrogen-bond acceptors (Lipinski definition) is 2. The lowest BCUT2D eigenvalue weighted by molar-refractivity contribution is 0.282. The van der Waals surface area contributed by atoms with Gasteiger partial charge in [0.25, 0.3) is 0 Å². The van der Waals surface area contributed by atoms with Gasteiger partial charge in [-0.2, -0.15) is 0 Å². The maximum atomic E-state index is 3.77. The van der Waals surface area contributed by atoms with E-state index in [1.54, 1.807) is 0 Å². The molecule has 120 valence electrons. The third-order valence-electron chi connectivity index (χ3n) is 3.95. The van der Waals surface area contributed by atoms with Crippen molar-refractivity contribution < 1.29 is 0 Å². The summed E-state index contributed by atoms with van der Waals surface area (Å²) in [5.74, 6) is 0. The molecule has 1 aromatic rings. The molecular weight excluding hydrogens is 256 g/mol. The molecule has 0 amide bonds. The van der Waals surface area contributed by atoms with Gasteiger partial charge in [-0.15, -0.1) is 0 Å². The van der Waals surface area contributed by atoms with Crippen LogP contribution in [0.1, 0.15) is 59.1 Å². The molecule has 0 aliphatic rings. The van der Waals surface area contributed by atoms with Gasteiger partial charge in [-0.25, -0.2) is 0 Å². The second kappa shape index (κ2) is 9.22. The van der Waals surface area contributed by atoms with Crippen molar-refractivity contribution in [2.75, 3.05) is 26.2 Å². The molecule has 21 heavy (non-hydrogen) atoms. The molecule has 0 aromatic heterocycles. The smallest absolute Gasteiger partial charge is 0.0325 e. The first-order chi connectivity index (χ1) is 9.96. The van der Waals surface area contributed by atoms with Crippen LogP contribution < -0.4 is 5.32 Å². The van der Waals surface area contributed by atoms with Crippen LogP contribution in [0.4, 0.5) is 0 Å². The topological polar surface area (TPSA) is 15.3 Å². The van der Waals surface area contributed by atoms with Crippen LogP contribution in [0.25, 0.3) is 0 Å². The number of rotatable bonds is 9. The van der Waals surface area contributed by atoms with E-state index in [0.717, 1.165) is 19.6 Å². The number of benzene rings is 1. The van der Waals surface area contributed by atoms with Crippen molar-refractivity contribution in [2.24, 2.45) is 5.41 Å². The fourth-order valence-electron chi connectivity index (χ4n) is 2.72. The van der Waals surface area contributed by atoms with Crippen LogP contribution in [-0.2, 0) is 0 Å². The first kappa shape index (κ1) is 18.2. The van der Waals surface area contributed by atoms with Gasteiger partial charge in [0.05, 0.1) is 0 Å². The van der Waals surface area contributed by atoms with E-state index in [1.165, 1.54) is 24.9 Å². The number of hydrogen-bond donors (Lipinski definition) is 1. The summed E-state index contributed by atoms with van der Waals surface area (Å²) < 4.78 is 0. The molecular formula is C19H34N2. The summed E-state index contributed by atoms with van der Waals surface area (Å²) in [6, 6.07) is 11.3. The molecule has 0 bridgehead atoms. The Hall–Kier alpha value is -0.860. The maximum absolute atomic E-state index is 3.77. The minimum absolute atomic E-state index is 0.340. The molecule has 1 aromatic carbocycles. The van der Waals surface area contributed by atoms with E-state index in [9.17, 15) is 0 Å². The summed E-state index contributed by atoms with van der Waals surface area (Å²) in [4.78, 5) is 2.49. The molecule has 2 nitrogen and oxygen atoms in total. The second-order valence-corrected chi connectivity index (χ2v) is 7.06. The van der Waals surface area contributed by atoms with Gasteiger partial charge in [0.2, 0.25) is 0 Å². The monoisotopic (exact) mass is 290 g/mol. The normalized spacial score (nSPS) is 13.6. The highest BCUT2D eigenvalue weighted by atomic mass is 15.1. The van der Waals surface area contributed by atoms with Crippen LogP contribution in [0, 0.1) is 5.41 Å². The Morgan fingerprint density at radius 1 is 1.05 bits per heavy atom. The first-order valence-electron chi connectivity index (χ1n) is 8.47. The van der Waals surface area contributed by atoms with Crippen molar-refractivity contribution >= 4 is 0 Å². The Kier molecular flexibility index (Phi) is 7.98. The Morgan fingerprint density at radius 2 is 1.67 bits per heavy atom. The van der Waals surface area contributed by atoms with Crippen molar-refractivity contribution in [3.8, 4) is 0 Å². The zero-order chi connectivity index (χ0) is 15.7. The zero-order valence-electron chi connectivity index (χ0n) is 14.7. The van der Waals surface area contributed by atoms with Crippen molar-refractivity contribution in [3.05, 3.63) is 35.9 Å². The standard InChI is InChI=1S/C19H34N2/c1-6-21(7-2)15-11-14-20-18(16-19(3,4)5)17-12-9-8-10-13-17/h8-10,12-13,18,20H,6-7,11,14-16H2,1-5H3. The zero-order valence-corrected chi connectivity index (χ0v) is 14.7. The summed E-state index contributed by atoms with van der Waals surface area (Å²) >= 11 is 0. The molecule has 0 spiro atoms. The van der Waals surface area contributed by atoms with Gasteiger partial charge in [-0.05, 0) is 50.0 Å². The predicted octanol–water partition coefficient (Wildman–Crippen LogP) is 4.49. The summed E-state index contributed by atoms with van der Waals surface area (Å²) in [7, 11) is 0. The third-order valence-corrected chi connectivity index (χ3v) is 3.95. The van der Waals surface area contributed by atoms with Crippen LogP contribution >= 0.6 is 0 Å². The van der Waals surface area contributed by atoms with E-state index < -0.39 is 0 Å². The molecule has 1 N–H and O–H groups in total. The molecule has 1 unspecified atom stereocenters. The van der Waals surface area contributed by atoms with Gasteiger partial charge in [0.15, 0.2) is 0 Å². The molecule has 1 rings (SSSR count). The predicted molar refractivity (Wildman–Crippen MR) is 93.7 cm³/mol. The Balaban J connectivity index is 2.51. The summed E-state index contributed by atoms with van der Waals surface area (Å²) in [5, 5.41) is 3.77. The van der Waals surface area contributed by atoms with Crippen molar-refractivity contribution in [1.29, 1.82) is 0 Å². The minimum Gasteiger partial charge on any atom is -0.310 e. The highest BCUT2D eigenvalue weighted by molar-refractivity contribution is 5.19. The lowest BCUT2D eigenvalue weighted by atomic mass is 9.85. The molecule has 0 saturated heterocycles. The lowest BCUT2D eigenvalue weighted by Gasteiger charge is -2.28. The highest BCUT2D eigenvalue weighted by Gasteiger charge is 2.19. The van der Waals surface area contributed by atoms with Gasteiger partial charge in [-0.1, -0.05) is 65.0 Å². The van der Waals surface area contributed by atoms with Crippen LogP contribution in [0.3, 0.4) is 0 Å². The second-order valence-electron chi connectivity index (χ2n) is 7.06. The van der Waals surface area contributed by atoms with Gasteiger partial charge in [-0.3, -0.25) is 0 Å².